The van der Waals surface area contributed by atoms with Gasteiger partial charge in [-0.2, -0.15) is 5.10 Å². The molecule has 1 aliphatic heterocycles. The number of nitrogens with zero attached hydrogens (tertiary/aromatic N) is 3. The quantitative estimate of drug-likeness (QED) is 0.816. The number of rotatable bonds is 2. The van der Waals surface area contributed by atoms with Gasteiger partial charge in [0.15, 0.2) is 0 Å². The summed E-state index contributed by atoms with van der Waals surface area (Å²) in [5.74, 6) is -3.30. The summed E-state index contributed by atoms with van der Waals surface area (Å²) in [6, 6.07) is 2.09. The van der Waals surface area contributed by atoms with Crippen molar-refractivity contribution in [3.8, 4) is 0 Å². The molecule has 1 aromatic rings. The van der Waals surface area contributed by atoms with E-state index in [9.17, 15) is 8.78 Å². The maximum Gasteiger partial charge on any atom is 0.265 e. The first kappa shape index (κ1) is 18.4. The Balaban J connectivity index is 2.33. The van der Waals surface area contributed by atoms with Gasteiger partial charge < -0.3 is 4.90 Å². The van der Waals surface area contributed by atoms with Crippen LogP contribution in [-0.4, -0.2) is 40.7 Å². The lowest BCUT2D eigenvalue weighted by atomic mass is 9.87. The smallest absolute Gasteiger partial charge is 0.265 e. The molecule has 3 nitrogen and oxygen atoms in total. The lowest BCUT2D eigenvalue weighted by Crippen LogP contribution is -2.48. The molecule has 0 spiro atoms. The number of halogens is 2. The maximum atomic E-state index is 14.4. The molecule has 1 atom stereocenters. The van der Waals surface area contributed by atoms with Gasteiger partial charge in [0, 0.05) is 29.0 Å². The van der Waals surface area contributed by atoms with Gasteiger partial charge in [-0.1, -0.05) is 41.5 Å². The van der Waals surface area contributed by atoms with Crippen molar-refractivity contribution in [1.82, 2.24) is 14.7 Å². The van der Waals surface area contributed by atoms with E-state index in [0.717, 1.165) is 17.9 Å². The van der Waals surface area contributed by atoms with Gasteiger partial charge in [0.25, 0.3) is 5.92 Å². The lowest BCUT2D eigenvalue weighted by Gasteiger charge is -2.37. The molecule has 0 amide bonds. The topological polar surface area (TPSA) is 21.1 Å². The van der Waals surface area contributed by atoms with Crippen molar-refractivity contribution in [1.29, 1.82) is 0 Å². The molecule has 1 unspecified atom stereocenters. The van der Waals surface area contributed by atoms with Crippen molar-refractivity contribution in [2.75, 3.05) is 20.1 Å². The molecule has 2 heterocycles. The average molecular weight is 327 g/mol. The van der Waals surface area contributed by atoms with Crippen LogP contribution in [0.5, 0.6) is 0 Å². The fraction of sp³-hybridized carbons (Fsp3) is 0.833. The van der Waals surface area contributed by atoms with Crippen molar-refractivity contribution in [3.05, 3.63) is 17.5 Å². The van der Waals surface area contributed by atoms with Crippen molar-refractivity contribution >= 4 is 0 Å². The van der Waals surface area contributed by atoms with Crippen molar-refractivity contribution < 1.29 is 8.78 Å². The summed E-state index contributed by atoms with van der Waals surface area (Å²) in [6.07, 6.45) is 0.512. The number of hydrogen-bond acceptors (Lipinski definition) is 2. The normalized spacial score (nSPS) is 23.3. The molecule has 0 bridgehead atoms. The van der Waals surface area contributed by atoms with E-state index >= 15 is 0 Å². The first-order valence-electron chi connectivity index (χ1n) is 8.46. The molecule has 132 valence electrons. The molecule has 1 saturated heterocycles. The van der Waals surface area contributed by atoms with E-state index in [2.05, 4.69) is 47.6 Å². The Hall–Kier alpha value is -0.970. The molecule has 1 aromatic heterocycles. The molecular weight excluding hydrogens is 296 g/mol. The monoisotopic (exact) mass is 327 g/mol. The molecule has 1 fully saturated rings. The van der Waals surface area contributed by atoms with Gasteiger partial charge in [0.2, 0.25) is 0 Å². The second-order valence-corrected chi connectivity index (χ2v) is 9.08. The second kappa shape index (κ2) is 5.83. The number of piperidine rings is 1. The van der Waals surface area contributed by atoms with Crippen LogP contribution in [0.3, 0.4) is 0 Å². The second-order valence-electron chi connectivity index (χ2n) is 9.08. The lowest BCUT2D eigenvalue weighted by molar-refractivity contribution is -0.111. The minimum atomic E-state index is -2.66. The third-order valence-corrected chi connectivity index (χ3v) is 4.65. The summed E-state index contributed by atoms with van der Waals surface area (Å²) in [5.41, 5.74) is 1.81. The number of aromatic nitrogens is 2. The van der Waals surface area contributed by atoms with E-state index < -0.39 is 11.8 Å². The first-order chi connectivity index (χ1) is 10.3. The third kappa shape index (κ3) is 4.11. The standard InChI is InChI=1S/C18H31F2N3/c1-16(2,3)14-10-15(17(4,5)6)23(21-14)11-13-8-9-22(7)12-18(13,19)20/h10,13H,8-9,11-12H2,1-7H3. The zero-order valence-corrected chi connectivity index (χ0v) is 15.6. The van der Waals surface area contributed by atoms with Gasteiger partial charge in [-0.15, -0.1) is 0 Å². The largest absolute Gasteiger partial charge is 0.301 e. The summed E-state index contributed by atoms with van der Waals surface area (Å²) in [4.78, 5) is 1.71. The van der Waals surface area contributed by atoms with Crippen molar-refractivity contribution in [3.63, 3.8) is 0 Å². The van der Waals surface area contributed by atoms with Gasteiger partial charge in [-0.25, -0.2) is 8.78 Å². The number of likely N-dealkylation sites (tertiary alicyclic amines) is 1. The van der Waals surface area contributed by atoms with E-state index in [0.29, 0.717) is 13.0 Å². The minimum Gasteiger partial charge on any atom is -0.301 e. The molecule has 0 N–H and O–H groups in total. The van der Waals surface area contributed by atoms with Crippen LogP contribution in [0.2, 0.25) is 0 Å². The van der Waals surface area contributed by atoms with E-state index in [4.69, 9.17) is 5.10 Å². The van der Waals surface area contributed by atoms with Gasteiger partial charge in [0.05, 0.1) is 12.2 Å². The SMILES string of the molecule is CN1CCC(Cn2nc(C(C)(C)C)cc2C(C)(C)C)C(F)(F)C1. The number of alkyl halides is 2. The zero-order chi connectivity index (χ0) is 17.6. The Morgan fingerprint density at radius 3 is 2.26 bits per heavy atom. The zero-order valence-electron chi connectivity index (χ0n) is 15.6. The molecule has 0 aliphatic carbocycles. The highest BCUT2D eigenvalue weighted by Crippen LogP contribution is 2.35. The van der Waals surface area contributed by atoms with Crippen LogP contribution in [0.4, 0.5) is 8.78 Å². The Morgan fingerprint density at radius 2 is 1.78 bits per heavy atom. The van der Waals surface area contributed by atoms with Gasteiger partial charge in [0.1, 0.15) is 0 Å². The van der Waals surface area contributed by atoms with E-state index in [1.807, 2.05) is 4.68 Å². The molecule has 0 aromatic carbocycles. The molecule has 23 heavy (non-hydrogen) atoms. The Labute approximate surface area is 139 Å². The average Bonchev–Trinajstić information content (AvgIpc) is 2.75. The predicted molar refractivity (Wildman–Crippen MR) is 90.2 cm³/mol. The van der Waals surface area contributed by atoms with Crippen LogP contribution in [0, 0.1) is 5.92 Å². The van der Waals surface area contributed by atoms with E-state index in [1.165, 1.54) is 0 Å². The molecular formula is C18H31F2N3. The molecule has 2 rings (SSSR count). The van der Waals surface area contributed by atoms with Crippen LogP contribution >= 0.6 is 0 Å². The fourth-order valence-corrected chi connectivity index (χ4v) is 3.12. The van der Waals surface area contributed by atoms with Crippen LogP contribution in [0.15, 0.2) is 6.07 Å². The number of hydrogen-bond donors (Lipinski definition) is 0. The predicted octanol–water partition coefficient (Wildman–Crippen LogP) is 4.07. The summed E-state index contributed by atoms with van der Waals surface area (Å²) in [7, 11) is 1.76. The maximum absolute atomic E-state index is 14.4. The Morgan fingerprint density at radius 1 is 1.17 bits per heavy atom. The van der Waals surface area contributed by atoms with Crippen molar-refractivity contribution in [2.45, 2.75) is 71.3 Å². The highest BCUT2D eigenvalue weighted by atomic mass is 19.3. The van der Waals surface area contributed by atoms with Gasteiger partial charge in [-0.3, -0.25) is 4.68 Å². The van der Waals surface area contributed by atoms with Gasteiger partial charge >= 0.3 is 0 Å². The Kier molecular flexibility index (Phi) is 4.66. The van der Waals surface area contributed by atoms with Crippen LogP contribution < -0.4 is 0 Å². The molecule has 1 aliphatic rings. The molecule has 5 heteroatoms. The van der Waals surface area contributed by atoms with Crippen molar-refractivity contribution in [2.24, 2.45) is 5.92 Å². The van der Waals surface area contributed by atoms with Gasteiger partial charge in [-0.05, 0) is 26.1 Å². The van der Waals surface area contributed by atoms with Crippen LogP contribution in [-0.2, 0) is 17.4 Å². The minimum absolute atomic E-state index is 0.0828. The molecule has 0 saturated carbocycles. The van der Waals surface area contributed by atoms with Crippen LogP contribution in [0.25, 0.3) is 0 Å². The van der Waals surface area contributed by atoms with Crippen LogP contribution in [0.1, 0.15) is 59.4 Å². The Bertz CT molecular complexity index is 550. The third-order valence-electron chi connectivity index (χ3n) is 4.65. The first-order valence-corrected chi connectivity index (χ1v) is 8.46. The highest BCUT2D eigenvalue weighted by Gasteiger charge is 2.44. The summed E-state index contributed by atoms with van der Waals surface area (Å²) in [6.45, 7) is 13.5. The summed E-state index contributed by atoms with van der Waals surface area (Å²) >= 11 is 0. The van der Waals surface area contributed by atoms with E-state index in [-0.39, 0.29) is 17.4 Å². The highest BCUT2D eigenvalue weighted by molar-refractivity contribution is 5.23. The van der Waals surface area contributed by atoms with E-state index in [1.54, 1.807) is 11.9 Å². The summed E-state index contributed by atoms with van der Waals surface area (Å²) < 4.78 is 30.6. The fourth-order valence-electron chi connectivity index (χ4n) is 3.12. The summed E-state index contributed by atoms with van der Waals surface area (Å²) in [5, 5.41) is 4.70. The molecule has 0 radical (unpaired) electrons.